The molecule has 0 aliphatic heterocycles. The summed E-state index contributed by atoms with van der Waals surface area (Å²) in [7, 11) is 0. The third-order valence-corrected chi connectivity index (χ3v) is 2.51. The molecule has 1 unspecified atom stereocenters. The molecule has 0 spiro atoms. The van der Waals surface area contributed by atoms with Crippen LogP contribution in [-0.2, 0) is 0 Å². The molecule has 1 atom stereocenters. The largest absolute Gasteiger partial charge is 0.321 e. The third-order valence-electron chi connectivity index (χ3n) is 1.67. The van der Waals surface area contributed by atoms with Crippen LogP contribution in [0.15, 0.2) is 16.6 Å². The van der Waals surface area contributed by atoms with Gasteiger partial charge >= 0.3 is 0 Å². The summed E-state index contributed by atoms with van der Waals surface area (Å²) in [5, 5.41) is 0.232. The van der Waals surface area contributed by atoms with E-state index in [1.54, 1.807) is 0 Å². The van der Waals surface area contributed by atoms with Gasteiger partial charge in [-0.25, -0.2) is 4.39 Å². The van der Waals surface area contributed by atoms with Crippen molar-refractivity contribution in [2.75, 3.05) is 0 Å². The molecule has 0 saturated carbocycles. The highest BCUT2D eigenvalue weighted by Gasteiger charge is 2.19. The summed E-state index contributed by atoms with van der Waals surface area (Å²) in [6.07, 6.45) is 0. The monoisotopic (exact) mass is 279 g/mol. The summed E-state index contributed by atoms with van der Waals surface area (Å²) < 4.78 is 13.7. The summed E-state index contributed by atoms with van der Waals surface area (Å²) in [5.41, 5.74) is 5.32. The maximum atomic E-state index is 13.3. The van der Waals surface area contributed by atoms with Crippen molar-refractivity contribution in [3.63, 3.8) is 0 Å². The topological polar surface area (TPSA) is 43.1 Å². The molecule has 0 heterocycles. The summed E-state index contributed by atoms with van der Waals surface area (Å²) in [6, 6.07) is 1.81. The Balaban J connectivity index is 3.28. The number of hydrogen-bond donors (Lipinski definition) is 1. The molecule has 0 radical (unpaired) electrons. The van der Waals surface area contributed by atoms with Crippen LogP contribution in [0.25, 0.3) is 0 Å². The highest BCUT2D eigenvalue weighted by molar-refractivity contribution is 9.10. The average molecular weight is 281 g/mol. The summed E-state index contributed by atoms with van der Waals surface area (Å²) in [6.45, 7) is 1.50. The fourth-order valence-corrected chi connectivity index (χ4v) is 1.97. The van der Waals surface area contributed by atoms with Crippen LogP contribution in [-0.4, -0.2) is 11.8 Å². The van der Waals surface area contributed by atoms with E-state index in [1.165, 1.54) is 13.0 Å². The van der Waals surface area contributed by atoms with Gasteiger partial charge < -0.3 is 5.73 Å². The minimum atomic E-state index is -0.734. The van der Waals surface area contributed by atoms with E-state index in [2.05, 4.69) is 15.9 Å². The molecule has 0 bridgehead atoms. The van der Waals surface area contributed by atoms with Crippen LogP contribution >= 0.6 is 27.5 Å². The van der Waals surface area contributed by atoms with Gasteiger partial charge in [0.2, 0.25) is 0 Å². The van der Waals surface area contributed by atoms with Crippen molar-refractivity contribution in [3.8, 4) is 0 Å². The zero-order chi connectivity index (χ0) is 10.9. The first kappa shape index (κ1) is 11.6. The van der Waals surface area contributed by atoms with Gasteiger partial charge in [-0.1, -0.05) is 11.6 Å². The Labute approximate surface area is 94.4 Å². The number of carbonyl (C=O) groups excluding carboxylic acids is 1. The average Bonchev–Trinajstić information content (AvgIpc) is 2.01. The van der Waals surface area contributed by atoms with E-state index in [4.69, 9.17) is 17.3 Å². The predicted molar refractivity (Wildman–Crippen MR) is 57.1 cm³/mol. The van der Waals surface area contributed by atoms with Gasteiger partial charge in [-0.3, -0.25) is 4.79 Å². The van der Waals surface area contributed by atoms with E-state index in [0.717, 1.165) is 6.07 Å². The minimum absolute atomic E-state index is 0.0515. The van der Waals surface area contributed by atoms with E-state index in [9.17, 15) is 9.18 Å². The van der Waals surface area contributed by atoms with Crippen molar-refractivity contribution in [3.05, 3.63) is 33.0 Å². The van der Waals surface area contributed by atoms with Crippen molar-refractivity contribution < 1.29 is 9.18 Å². The lowest BCUT2D eigenvalue weighted by Gasteiger charge is -2.08. The van der Waals surface area contributed by atoms with Crippen LogP contribution in [0.2, 0.25) is 5.02 Å². The molecule has 0 aliphatic carbocycles. The van der Waals surface area contributed by atoms with Gasteiger partial charge in [0.05, 0.1) is 11.6 Å². The van der Waals surface area contributed by atoms with E-state index in [1.807, 2.05) is 0 Å². The number of Topliss-reactive ketones (excluding diaryl/α,β-unsaturated/α-hetero) is 1. The molecule has 2 N–H and O–H groups in total. The number of carbonyl (C=O) groups is 1. The smallest absolute Gasteiger partial charge is 0.183 e. The molecule has 5 heteroatoms. The van der Waals surface area contributed by atoms with Gasteiger partial charge in [-0.15, -0.1) is 0 Å². The van der Waals surface area contributed by atoms with Crippen molar-refractivity contribution in [1.29, 1.82) is 0 Å². The van der Waals surface area contributed by atoms with Crippen LogP contribution in [0.5, 0.6) is 0 Å². The normalized spacial score (nSPS) is 12.6. The van der Waals surface area contributed by atoms with Gasteiger partial charge in [0.1, 0.15) is 5.82 Å². The highest BCUT2D eigenvalue weighted by Crippen LogP contribution is 2.25. The number of benzene rings is 1. The molecule has 0 aliphatic rings. The van der Waals surface area contributed by atoms with E-state index in [0.29, 0.717) is 4.47 Å². The van der Waals surface area contributed by atoms with Crippen molar-refractivity contribution >= 4 is 33.3 Å². The second-order valence-corrected chi connectivity index (χ2v) is 4.19. The maximum absolute atomic E-state index is 13.3. The summed E-state index contributed by atoms with van der Waals surface area (Å²) >= 11 is 8.66. The first-order chi connectivity index (χ1) is 6.43. The van der Waals surface area contributed by atoms with Gasteiger partial charge in [-0.2, -0.15) is 0 Å². The third kappa shape index (κ3) is 2.32. The fourth-order valence-electron chi connectivity index (χ4n) is 1.01. The Kier molecular flexibility index (Phi) is 3.64. The van der Waals surface area contributed by atoms with Gasteiger partial charge in [0, 0.05) is 9.50 Å². The van der Waals surface area contributed by atoms with Gasteiger partial charge in [0.25, 0.3) is 0 Å². The standard InChI is InChI=1S/C9H8BrClFNO/c1-4(13)9(14)8-6(10)2-5(11)3-7(8)12/h2-4H,13H2,1H3. The fraction of sp³-hybridized carbons (Fsp3) is 0.222. The predicted octanol–water partition coefficient (Wildman–Crippen LogP) is 2.77. The molecule has 0 fully saturated rings. The van der Waals surface area contributed by atoms with Crippen molar-refractivity contribution in [1.82, 2.24) is 0 Å². The Morgan fingerprint density at radius 2 is 2.21 bits per heavy atom. The Bertz CT molecular complexity index is 358. The van der Waals surface area contributed by atoms with Crippen LogP contribution < -0.4 is 5.73 Å². The number of nitrogens with two attached hydrogens (primary N) is 1. The van der Waals surface area contributed by atoms with E-state index >= 15 is 0 Å². The van der Waals surface area contributed by atoms with E-state index in [-0.39, 0.29) is 10.6 Å². The minimum Gasteiger partial charge on any atom is -0.321 e. The van der Waals surface area contributed by atoms with Crippen LogP contribution in [0.1, 0.15) is 17.3 Å². The zero-order valence-electron chi connectivity index (χ0n) is 7.35. The molecular weight excluding hydrogens is 272 g/mol. The molecule has 2 nitrogen and oxygen atoms in total. The lowest BCUT2D eigenvalue weighted by atomic mass is 10.1. The maximum Gasteiger partial charge on any atom is 0.183 e. The number of rotatable bonds is 2. The Hall–Kier alpha value is -0.450. The Morgan fingerprint density at radius 3 is 2.64 bits per heavy atom. The second-order valence-electron chi connectivity index (χ2n) is 2.90. The SMILES string of the molecule is CC(N)C(=O)c1c(F)cc(Cl)cc1Br. The number of hydrogen-bond acceptors (Lipinski definition) is 2. The van der Waals surface area contributed by atoms with Gasteiger partial charge in [-0.05, 0) is 35.0 Å². The van der Waals surface area contributed by atoms with Crippen molar-refractivity contribution in [2.45, 2.75) is 13.0 Å². The van der Waals surface area contributed by atoms with Crippen molar-refractivity contribution in [2.24, 2.45) is 5.73 Å². The molecule has 1 rings (SSSR count). The first-order valence-corrected chi connectivity index (χ1v) is 5.05. The first-order valence-electron chi connectivity index (χ1n) is 3.88. The molecule has 1 aromatic carbocycles. The van der Waals surface area contributed by atoms with Crippen LogP contribution in [0, 0.1) is 5.82 Å². The zero-order valence-corrected chi connectivity index (χ0v) is 9.69. The lowest BCUT2D eigenvalue weighted by molar-refractivity contribution is 0.0963. The molecule has 1 aromatic rings. The quantitative estimate of drug-likeness (QED) is 0.847. The summed E-state index contributed by atoms with van der Waals surface area (Å²) in [5.74, 6) is -1.11. The molecular formula is C9H8BrClFNO. The second kappa shape index (κ2) is 4.38. The molecule has 0 amide bonds. The molecule has 0 aromatic heterocycles. The van der Waals surface area contributed by atoms with Crippen LogP contribution in [0.3, 0.4) is 0 Å². The van der Waals surface area contributed by atoms with Gasteiger partial charge in [0.15, 0.2) is 5.78 Å². The summed E-state index contributed by atoms with van der Waals surface area (Å²) in [4.78, 5) is 11.5. The lowest BCUT2D eigenvalue weighted by Crippen LogP contribution is -2.27. The van der Waals surface area contributed by atoms with E-state index < -0.39 is 17.6 Å². The van der Waals surface area contributed by atoms with Crippen LogP contribution in [0.4, 0.5) is 4.39 Å². The molecule has 76 valence electrons. The highest BCUT2D eigenvalue weighted by atomic mass is 79.9. The number of halogens is 3. The Morgan fingerprint density at radius 1 is 1.64 bits per heavy atom. The number of ketones is 1. The molecule has 0 saturated heterocycles. The molecule has 14 heavy (non-hydrogen) atoms.